The summed E-state index contributed by atoms with van der Waals surface area (Å²) in [6.45, 7) is 3.04. The van der Waals surface area contributed by atoms with Gasteiger partial charge in [-0.1, -0.05) is 13.0 Å². The molecule has 0 saturated carbocycles. The van der Waals surface area contributed by atoms with Crippen molar-refractivity contribution in [3.63, 3.8) is 0 Å². The van der Waals surface area contributed by atoms with Gasteiger partial charge in [-0.2, -0.15) is 0 Å². The number of aryl methyl sites for hydroxylation is 1. The maximum atomic E-state index is 14.2. The summed E-state index contributed by atoms with van der Waals surface area (Å²) < 4.78 is 19.5. The Morgan fingerprint density at radius 2 is 2.33 bits per heavy atom. The van der Waals surface area contributed by atoms with E-state index in [9.17, 15) is 4.39 Å². The van der Waals surface area contributed by atoms with E-state index in [1.807, 2.05) is 0 Å². The predicted octanol–water partition coefficient (Wildman–Crippen LogP) is 3.94. The third-order valence-electron chi connectivity index (χ3n) is 3.81. The first-order valence-electron chi connectivity index (χ1n) is 7.30. The zero-order valence-electron chi connectivity index (χ0n) is 12.3. The van der Waals surface area contributed by atoms with Crippen molar-refractivity contribution in [2.45, 2.75) is 32.2 Å². The molecule has 1 heterocycles. The second kappa shape index (κ2) is 6.12. The summed E-state index contributed by atoms with van der Waals surface area (Å²) in [6, 6.07) is 5.25. The molecule has 1 aliphatic carbocycles. The van der Waals surface area contributed by atoms with Crippen LogP contribution in [0.1, 0.15) is 36.4 Å². The third-order valence-corrected chi connectivity index (χ3v) is 5.04. The largest absolute Gasteiger partial charge is 0.496 e. The average Bonchev–Trinajstić information content (AvgIpc) is 2.91. The molecule has 0 saturated heterocycles. The lowest BCUT2D eigenvalue weighted by molar-refractivity contribution is 0.413. The van der Waals surface area contributed by atoms with E-state index in [0.717, 1.165) is 36.5 Å². The number of nitrogens with one attached hydrogen (secondary N) is 1. The number of aromatic nitrogens is 1. The van der Waals surface area contributed by atoms with Crippen LogP contribution in [0, 0.1) is 5.82 Å². The van der Waals surface area contributed by atoms with Gasteiger partial charge in [0.15, 0.2) is 0 Å². The van der Waals surface area contributed by atoms with Crippen LogP contribution in [0.2, 0.25) is 0 Å². The first-order valence-corrected chi connectivity index (χ1v) is 8.12. The molecule has 1 N–H and O–H groups in total. The van der Waals surface area contributed by atoms with Crippen molar-refractivity contribution in [3.05, 3.63) is 34.6 Å². The van der Waals surface area contributed by atoms with Gasteiger partial charge >= 0.3 is 0 Å². The molecule has 1 aromatic heterocycles. The summed E-state index contributed by atoms with van der Waals surface area (Å²) >= 11 is 1.59. The zero-order chi connectivity index (χ0) is 14.8. The van der Waals surface area contributed by atoms with Crippen LogP contribution in [0.3, 0.4) is 0 Å². The van der Waals surface area contributed by atoms with Crippen LogP contribution >= 0.6 is 11.3 Å². The molecule has 1 aliphatic rings. The Morgan fingerprint density at radius 3 is 3.10 bits per heavy atom. The molecule has 0 amide bonds. The highest BCUT2D eigenvalue weighted by Gasteiger charge is 2.26. The minimum atomic E-state index is -0.277. The lowest BCUT2D eigenvalue weighted by atomic mass is 9.98. The first kappa shape index (κ1) is 14.5. The fraction of sp³-hybridized carbons (Fsp3) is 0.438. The molecule has 1 atom stereocenters. The van der Waals surface area contributed by atoms with Crippen LogP contribution in [-0.4, -0.2) is 18.6 Å². The molecular weight excluding hydrogens is 287 g/mol. The van der Waals surface area contributed by atoms with Crippen LogP contribution in [0.5, 0.6) is 5.75 Å². The quantitative estimate of drug-likeness (QED) is 0.929. The molecule has 112 valence electrons. The van der Waals surface area contributed by atoms with Gasteiger partial charge in [0, 0.05) is 10.9 Å². The standard InChI is InChI=1S/C16H19FN2OS/c1-3-18-11-7-5-8-12-15(11)21-16(19-12)14-10(17)6-4-9-13(14)20-2/h4,6,9,11,18H,3,5,7-8H2,1-2H3. The molecule has 0 bridgehead atoms. The Labute approximate surface area is 128 Å². The average molecular weight is 306 g/mol. The van der Waals surface area contributed by atoms with Gasteiger partial charge < -0.3 is 10.1 Å². The van der Waals surface area contributed by atoms with E-state index < -0.39 is 0 Å². The maximum absolute atomic E-state index is 14.2. The van der Waals surface area contributed by atoms with Crippen molar-refractivity contribution in [3.8, 4) is 16.3 Å². The van der Waals surface area contributed by atoms with Crippen LogP contribution in [-0.2, 0) is 6.42 Å². The SMILES string of the molecule is CCNC1CCCc2nc(-c3c(F)cccc3OC)sc21. The summed E-state index contributed by atoms with van der Waals surface area (Å²) in [4.78, 5) is 5.93. The normalized spacial score (nSPS) is 17.6. The van der Waals surface area contributed by atoms with Crippen molar-refractivity contribution < 1.29 is 9.13 Å². The van der Waals surface area contributed by atoms with Crippen molar-refractivity contribution in [2.24, 2.45) is 0 Å². The van der Waals surface area contributed by atoms with E-state index in [1.54, 1.807) is 30.6 Å². The summed E-state index contributed by atoms with van der Waals surface area (Å²) in [5.41, 5.74) is 1.59. The summed E-state index contributed by atoms with van der Waals surface area (Å²) in [7, 11) is 1.56. The molecule has 5 heteroatoms. The highest BCUT2D eigenvalue weighted by Crippen LogP contribution is 2.41. The van der Waals surface area contributed by atoms with Gasteiger partial charge in [-0.15, -0.1) is 11.3 Å². The van der Waals surface area contributed by atoms with Crippen LogP contribution in [0.15, 0.2) is 18.2 Å². The van der Waals surface area contributed by atoms with Gasteiger partial charge in [0.25, 0.3) is 0 Å². The number of ether oxygens (including phenoxy) is 1. The van der Waals surface area contributed by atoms with E-state index in [2.05, 4.69) is 17.2 Å². The number of thiazole rings is 1. The zero-order valence-corrected chi connectivity index (χ0v) is 13.1. The van der Waals surface area contributed by atoms with Crippen molar-refractivity contribution in [1.29, 1.82) is 0 Å². The highest BCUT2D eigenvalue weighted by atomic mass is 32.1. The van der Waals surface area contributed by atoms with Crippen molar-refractivity contribution in [1.82, 2.24) is 10.3 Å². The van der Waals surface area contributed by atoms with E-state index >= 15 is 0 Å². The summed E-state index contributed by atoms with van der Waals surface area (Å²) in [5, 5.41) is 4.22. The minimum Gasteiger partial charge on any atom is -0.496 e. The van der Waals surface area contributed by atoms with Crippen LogP contribution in [0.4, 0.5) is 4.39 Å². The second-order valence-corrected chi connectivity index (χ2v) is 6.18. The molecule has 0 fully saturated rings. The molecule has 3 rings (SSSR count). The number of hydrogen-bond donors (Lipinski definition) is 1. The molecule has 21 heavy (non-hydrogen) atoms. The molecule has 1 aromatic carbocycles. The molecule has 0 aliphatic heterocycles. The second-order valence-electron chi connectivity index (χ2n) is 5.15. The molecule has 0 radical (unpaired) electrons. The number of fused-ring (bicyclic) bond motifs is 1. The minimum absolute atomic E-state index is 0.277. The van der Waals surface area contributed by atoms with Gasteiger partial charge in [-0.25, -0.2) is 9.37 Å². The molecule has 0 spiro atoms. The van der Waals surface area contributed by atoms with Crippen molar-refractivity contribution in [2.75, 3.05) is 13.7 Å². The number of benzene rings is 1. The first-order chi connectivity index (χ1) is 10.2. The smallest absolute Gasteiger partial charge is 0.137 e. The van der Waals surface area contributed by atoms with E-state index in [-0.39, 0.29) is 5.82 Å². The van der Waals surface area contributed by atoms with E-state index in [0.29, 0.717) is 17.4 Å². The van der Waals surface area contributed by atoms with Gasteiger partial charge in [-0.05, 0) is 37.9 Å². The molecule has 3 nitrogen and oxygen atoms in total. The lowest BCUT2D eigenvalue weighted by Crippen LogP contribution is -2.23. The molecule has 1 unspecified atom stereocenters. The Balaban J connectivity index is 2.06. The predicted molar refractivity (Wildman–Crippen MR) is 83.4 cm³/mol. The Bertz CT molecular complexity index is 641. The van der Waals surface area contributed by atoms with E-state index in [1.165, 1.54) is 10.9 Å². The molecule has 2 aromatic rings. The monoisotopic (exact) mass is 306 g/mol. The Morgan fingerprint density at radius 1 is 1.48 bits per heavy atom. The summed E-state index contributed by atoms with van der Waals surface area (Å²) in [6.07, 6.45) is 3.23. The molecular formula is C16H19FN2OS. The highest BCUT2D eigenvalue weighted by molar-refractivity contribution is 7.15. The Hall–Kier alpha value is -1.46. The van der Waals surface area contributed by atoms with Crippen molar-refractivity contribution >= 4 is 11.3 Å². The third kappa shape index (κ3) is 2.68. The number of hydrogen-bond acceptors (Lipinski definition) is 4. The fourth-order valence-electron chi connectivity index (χ4n) is 2.85. The Kier molecular flexibility index (Phi) is 4.22. The van der Waals surface area contributed by atoms with Crippen LogP contribution in [0.25, 0.3) is 10.6 Å². The fourth-order valence-corrected chi connectivity index (χ4v) is 4.12. The van der Waals surface area contributed by atoms with Gasteiger partial charge in [0.1, 0.15) is 16.6 Å². The van der Waals surface area contributed by atoms with E-state index in [4.69, 9.17) is 4.74 Å². The number of rotatable bonds is 4. The van der Waals surface area contributed by atoms with Gasteiger partial charge in [-0.3, -0.25) is 0 Å². The maximum Gasteiger partial charge on any atom is 0.137 e. The topological polar surface area (TPSA) is 34.2 Å². The van der Waals surface area contributed by atoms with Gasteiger partial charge in [0.05, 0.1) is 18.4 Å². The number of halogens is 1. The number of methoxy groups -OCH3 is 1. The lowest BCUT2D eigenvalue weighted by Gasteiger charge is -2.21. The van der Waals surface area contributed by atoms with Gasteiger partial charge in [0.2, 0.25) is 0 Å². The van der Waals surface area contributed by atoms with Crippen LogP contribution < -0.4 is 10.1 Å². The number of nitrogens with zero attached hydrogens (tertiary/aromatic N) is 1. The summed E-state index contributed by atoms with van der Waals surface area (Å²) in [5.74, 6) is 0.265.